The van der Waals surface area contributed by atoms with Gasteiger partial charge in [0.1, 0.15) is 0 Å². The number of piperidine rings is 1. The first-order valence-corrected chi connectivity index (χ1v) is 7.13. The molecule has 1 aliphatic rings. The zero-order chi connectivity index (χ0) is 15.6. The molecule has 0 amide bonds. The SMILES string of the molecule is CCn1nc(C)cc1CN1CCC(C(=O)O)C(C(=O)O)C1. The van der Waals surface area contributed by atoms with Gasteiger partial charge in [-0.25, -0.2) is 0 Å². The molecule has 0 radical (unpaired) electrons. The third kappa shape index (κ3) is 3.41. The Morgan fingerprint density at radius 3 is 2.57 bits per heavy atom. The Balaban J connectivity index is 2.09. The summed E-state index contributed by atoms with van der Waals surface area (Å²) in [5.41, 5.74) is 1.97. The van der Waals surface area contributed by atoms with Crippen LogP contribution in [0.1, 0.15) is 24.7 Å². The van der Waals surface area contributed by atoms with E-state index in [9.17, 15) is 14.7 Å². The van der Waals surface area contributed by atoms with Crippen LogP contribution in [0, 0.1) is 18.8 Å². The molecule has 1 aromatic heterocycles. The molecule has 2 N–H and O–H groups in total. The van der Waals surface area contributed by atoms with Crippen molar-refractivity contribution >= 4 is 11.9 Å². The van der Waals surface area contributed by atoms with E-state index in [2.05, 4.69) is 5.10 Å². The molecule has 1 aliphatic heterocycles. The van der Waals surface area contributed by atoms with Crippen molar-refractivity contribution in [1.29, 1.82) is 0 Å². The van der Waals surface area contributed by atoms with Gasteiger partial charge in [-0.05, 0) is 32.9 Å². The quantitative estimate of drug-likeness (QED) is 0.835. The smallest absolute Gasteiger partial charge is 0.308 e. The number of aliphatic carboxylic acids is 2. The van der Waals surface area contributed by atoms with E-state index in [0.29, 0.717) is 19.5 Å². The van der Waals surface area contributed by atoms with E-state index >= 15 is 0 Å². The maximum absolute atomic E-state index is 11.3. The highest BCUT2D eigenvalue weighted by atomic mass is 16.4. The first-order chi connectivity index (χ1) is 9.92. The second-order valence-electron chi connectivity index (χ2n) is 5.51. The highest BCUT2D eigenvalue weighted by Crippen LogP contribution is 2.25. The predicted molar refractivity (Wildman–Crippen MR) is 74.8 cm³/mol. The monoisotopic (exact) mass is 295 g/mol. The van der Waals surface area contributed by atoms with Gasteiger partial charge in [0.25, 0.3) is 0 Å². The van der Waals surface area contributed by atoms with Crippen molar-refractivity contribution in [1.82, 2.24) is 14.7 Å². The molecule has 0 aliphatic carbocycles. The second kappa shape index (κ2) is 6.26. The number of carbonyl (C=O) groups is 2. The molecule has 7 nitrogen and oxygen atoms in total. The van der Waals surface area contributed by atoms with Gasteiger partial charge in [-0.1, -0.05) is 0 Å². The third-order valence-electron chi connectivity index (χ3n) is 4.00. The number of hydrogen-bond acceptors (Lipinski definition) is 4. The molecular weight excluding hydrogens is 274 g/mol. The van der Waals surface area contributed by atoms with Crippen LogP contribution in [-0.4, -0.2) is 49.9 Å². The van der Waals surface area contributed by atoms with Crippen molar-refractivity contribution < 1.29 is 19.8 Å². The summed E-state index contributed by atoms with van der Waals surface area (Å²) in [5, 5.41) is 22.7. The second-order valence-corrected chi connectivity index (χ2v) is 5.51. The average molecular weight is 295 g/mol. The van der Waals surface area contributed by atoms with Crippen molar-refractivity contribution in [2.45, 2.75) is 33.4 Å². The van der Waals surface area contributed by atoms with E-state index in [1.807, 2.05) is 29.5 Å². The van der Waals surface area contributed by atoms with Crippen LogP contribution >= 0.6 is 0 Å². The maximum Gasteiger partial charge on any atom is 0.308 e. The molecule has 1 aromatic rings. The first-order valence-electron chi connectivity index (χ1n) is 7.13. The van der Waals surface area contributed by atoms with Crippen LogP contribution in [0.5, 0.6) is 0 Å². The Morgan fingerprint density at radius 1 is 1.33 bits per heavy atom. The van der Waals surface area contributed by atoms with Gasteiger partial charge in [-0.2, -0.15) is 5.10 Å². The minimum Gasteiger partial charge on any atom is -0.481 e. The third-order valence-corrected chi connectivity index (χ3v) is 4.00. The van der Waals surface area contributed by atoms with E-state index in [4.69, 9.17) is 5.11 Å². The predicted octanol–water partition coefficient (Wildman–Crippen LogP) is 0.819. The minimum absolute atomic E-state index is 0.264. The van der Waals surface area contributed by atoms with Crippen LogP contribution < -0.4 is 0 Å². The summed E-state index contributed by atoms with van der Waals surface area (Å²) in [7, 11) is 0. The van der Waals surface area contributed by atoms with Gasteiger partial charge in [0.15, 0.2) is 0 Å². The topological polar surface area (TPSA) is 95.7 Å². The summed E-state index contributed by atoms with van der Waals surface area (Å²) in [5.74, 6) is -3.70. The number of carboxylic acids is 2. The number of hydrogen-bond donors (Lipinski definition) is 2. The van der Waals surface area contributed by atoms with E-state index in [1.165, 1.54) is 0 Å². The molecule has 1 fully saturated rings. The Hall–Kier alpha value is -1.89. The number of aryl methyl sites for hydroxylation is 2. The lowest BCUT2D eigenvalue weighted by Gasteiger charge is -2.34. The summed E-state index contributed by atoms with van der Waals surface area (Å²) in [6, 6.07) is 1.99. The van der Waals surface area contributed by atoms with Gasteiger partial charge in [0, 0.05) is 19.6 Å². The lowest BCUT2D eigenvalue weighted by atomic mass is 9.85. The average Bonchev–Trinajstić information content (AvgIpc) is 2.78. The number of rotatable bonds is 5. The highest BCUT2D eigenvalue weighted by molar-refractivity contribution is 5.80. The van der Waals surface area contributed by atoms with Crippen LogP contribution in [0.2, 0.25) is 0 Å². The molecule has 2 unspecified atom stereocenters. The Labute approximate surface area is 123 Å². The van der Waals surface area contributed by atoms with Crippen molar-refractivity contribution in [3.8, 4) is 0 Å². The molecule has 0 aromatic carbocycles. The zero-order valence-corrected chi connectivity index (χ0v) is 12.3. The summed E-state index contributed by atoms with van der Waals surface area (Å²) in [6.45, 7) is 6.15. The minimum atomic E-state index is -1.03. The lowest BCUT2D eigenvalue weighted by molar-refractivity contribution is -0.157. The van der Waals surface area contributed by atoms with E-state index in [1.54, 1.807) is 0 Å². The van der Waals surface area contributed by atoms with E-state index < -0.39 is 23.8 Å². The largest absolute Gasteiger partial charge is 0.481 e. The normalized spacial score (nSPS) is 23.1. The first kappa shape index (κ1) is 15.5. The molecule has 0 saturated carbocycles. The van der Waals surface area contributed by atoms with Gasteiger partial charge in [-0.15, -0.1) is 0 Å². The molecular formula is C14H21N3O4. The van der Waals surface area contributed by atoms with Crippen LogP contribution in [0.15, 0.2) is 6.07 Å². The van der Waals surface area contributed by atoms with Gasteiger partial charge in [-0.3, -0.25) is 19.2 Å². The Morgan fingerprint density at radius 2 is 2.00 bits per heavy atom. The Bertz CT molecular complexity index is 540. The summed E-state index contributed by atoms with van der Waals surface area (Å²) in [6.07, 6.45) is 0.367. The maximum atomic E-state index is 11.3. The number of likely N-dealkylation sites (tertiary alicyclic amines) is 1. The molecule has 2 rings (SSSR count). The zero-order valence-electron chi connectivity index (χ0n) is 12.3. The molecule has 0 bridgehead atoms. The van der Waals surface area contributed by atoms with Crippen molar-refractivity contribution in [3.63, 3.8) is 0 Å². The molecule has 2 heterocycles. The molecule has 1 saturated heterocycles. The number of nitrogens with zero attached hydrogens (tertiary/aromatic N) is 3. The summed E-state index contributed by atoms with van der Waals surface area (Å²) in [4.78, 5) is 24.4. The van der Waals surface area contributed by atoms with Gasteiger partial charge in [0.2, 0.25) is 0 Å². The number of carboxylic acid groups (broad SMARTS) is 2. The van der Waals surface area contributed by atoms with Gasteiger partial charge in [0.05, 0.1) is 23.2 Å². The fraction of sp³-hybridized carbons (Fsp3) is 0.643. The van der Waals surface area contributed by atoms with Gasteiger partial charge < -0.3 is 10.2 Å². The lowest BCUT2D eigenvalue weighted by Crippen LogP contribution is -2.46. The molecule has 2 atom stereocenters. The highest BCUT2D eigenvalue weighted by Gasteiger charge is 2.38. The van der Waals surface area contributed by atoms with Crippen molar-refractivity contribution in [3.05, 3.63) is 17.5 Å². The van der Waals surface area contributed by atoms with Crippen molar-refractivity contribution in [2.24, 2.45) is 11.8 Å². The van der Waals surface area contributed by atoms with Crippen LogP contribution in [-0.2, 0) is 22.7 Å². The van der Waals surface area contributed by atoms with Gasteiger partial charge >= 0.3 is 11.9 Å². The molecule has 21 heavy (non-hydrogen) atoms. The Kier molecular flexibility index (Phi) is 4.62. The number of aromatic nitrogens is 2. The molecule has 116 valence electrons. The molecule has 7 heteroatoms. The van der Waals surface area contributed by atoms with Crippen molar-refractivity contribution in [2.75, 3.05) is 13.1 Å². The fourth-order valence-electron chi connectivity index (χ4n) is 2.94. The van der Waals surface area contributed by atoms with Crippen LogP contribution in [0.4, 0.5) is 0 Å². The summed E-state index contributed by atoms with van der Waals surface area (Å²) < 4.78 is 1.90. The standard InChI is InChI=1S/C14H21N3O4/c1-3-17-10(6-9(2)15-17)7-16-5-4-11(13(18)19)12(8-16)14(20)21/h6,11-12H,3-5,7-8H2,1-2H3,(H,18,19)(H,20,21). The molecule has 0 spiro atoms. The fourth-order valence-corrected chi connectivity index (χ4v) is 2.94. The summed E-state index contributed by atoms with van der Waals surface area (Å²) >= 11 is 0. The van der Waals surface area contributed by atoms with Crippen LogP contribution in [0.3, 0.4) is 0 Å². The van der Waals surface area contributed by atoms with E-state index in [-0.39, 0.29) is 6.54 Å². The van der Waals surface area contributed by atoms with E-state index in [0.717, 1.165) is 17.9 Å². The van der Waals surface area contributed by atoms with Crippen LogP contribution in [0.25, 0.3) is 0 Å².